The number of aromatic nitrogens is 1. The van der Waals surface area contributed by atoms with Crippen LogP contribution in [0.2, 0.25) is 0 Å². The Balaban J connectivity index is 2.25. The van der Waals surface area contributed by atoms with Crippen molar-refractivity contribution in [2.45, 2.75) is 40.3 Å². The summed E-state index contributed by atoms with van der Waals surface area (Å²) in [6.45, 7) is 8.56. The number of hydrogen-bond donors (Lipinski definition) is 0. The highest BCUT2D eigenvalue weighted by Crippen LogP contribution is 2.21. The summed E-state index contributed by atoms with van der Waals surface area (Å²) in [5, 5.41) is 0.939. The van der Waals surface area contributed by atoms with E-state index in [0.29, 0.717) is 6.54 Å². The van der Waals surface area contributed by atoms with Crippen molar-refractivity contribution in [2.75, 3.05) is 0 Å². The molecule has 1 aromatic carbocycles. The lowest BCUT2D eigenvalue weighted by Crippen LogP contribution is -2.36. The van der Waals surface area contributed by atoms with Gasteiger partial charge in [-0.2, -0.15) is 0 Å². The number of amides is 1. The number of aryl methyl sites for hydroxylation is 2. The van der Waals surface area contributed by atoms with Crippen molar-refractivity contribution in [3.63, 3.8) is 0 Å². The first-order valence-electron chi connectivity index (χ1n) is 6.78. The van der Waals surface area contributed by atoms with Gasteiger partial charge in [0.1, 0.15) is 4.88 Å². The Kier molecular flexibility index (Phi) is 4.55. The van der Waals surface area contributed by atoms with Crippen molar-refractivity contribution in [1.29, 1.82) is 0 Å². The number of carbonyl (C=O) groups excluding carboxylic acids is 1. The molecule has 0 radical (unpaired) electrons. The average Bonchev–Trinajstić information content (AvgIpc) is 2.75. The number of hydrogen-bond acceptors (Lipinski definition) is 3. The highest BCUT2D eigenvalue weighted by Gasteiger charge is 2.23. The van der Waals surface area contributed by atoms with Crippen LogP contribution in [-0.4, -0.2) is 21.8 Å². The second-order valence-corrected chi connectivity index (χ2v) is 6.36. The van der Waals surface area contributed by atoms with Gasteiger partial charge in [0.05, 0.1) is 10.7 Å². The normalized spacial score (nSPS) is 10.8. The molecule has 20 heavy (non-hydrogen) atoms. The van der Waals surface area contributed by atoms with Gasteiger partial charge in [0.15, 0.2) is 0 Å². The Labute approximate surface area is 124 Å². The van der Waals surface area contributed by atoms with Crippen LogP contribution in [0, 0.1) is 13.8 Å². The SMILES string of the molecule is Cc1nc(C)c(C(=O)N(Cc2ccccc2)C(C)C)s1. The maximum atomic E-state index is 12.7. The van der Waals surface area contributed by atoms with Gasteiger partial charge in [0.25, 0.3) is 5.91 Å². The lowest BCUT2D eigenvalue weighted by atomic mass is 10.2. The van der Waals surface area contributed by atoms with Crippen LogP contribution in [0.3, 0.4) is 0 Å². The minimum atomic E-state index is 0.0759. The molecule has 0 spiro atoms. The molecule has 0 saturated heterocycles. The van der Waals surface area contributed by atoms with E-state index < -0.39 is 0 Å². The maximum Gasteiger partial charge on any atom is 0.266 e. The van der Waals surface area contributed by atoms with Crippen LogP contribution in [0.15, 0.2) is 30.3 Å². The maximum absolute atomic E-state index is 12.7. The first-order valence-corrected chi connectivity index (χ1v) is 7.59. The van der Waals surface area contributed by atoms with Crippen LogP contribution in [0.25, 0.3) is 0 Å². The van der Waals surface area contributed by atoms with Crippen LogP contribution in [0.5, 0.6) is 0 Å². The van der Waals surface area contributed by atoms with Gasteiger partial charge in [0.2, 0.25) is 0 Å². The van der Waals surface area contributed by atoms with E-state index >= 15 is 0 Å². The minimum Gasteiger partial charge on any atom is -0.331 e. The minimum absolute atomic E-state index is 0.0759. The molecule has 1 heterocycles. The predicted octanol–water partition coefficient (Wildman–Crippen LogP) is 3.81. The molecule has 4 heteroatoms. The van der Waals surface area contributed by atoms with Gasteiger partial charge in [-0.1, -0.05) is 30.3 Å². The first kappa shape index (κ1) is 14.7. The summed E-state index contributed by atoms with van der Waals surface area (Å²) >= 11 is 1.48. The molecule has 2 aromatic rings. The monoisotopic (exact) mass is 288 g/mol. The van der Waals surface area contributed by atoms with E-state index in [2.05, 4.69) is 4.98 Å². The number of carbonyl (C=O) groups is 1. The molecule has 3 nitrogen and oxygen atoms in total. The Morgan fingerprint density at radius 2 is 1.90 bits per heavy atom. The van der Waals surface area contributed by atoms with E-state index in [0.717, 1.165) is 21.1 Å². The number of benzene rings is 1. The van der Waals surface area contributed by atoms with E-state index in [9.17, 15) is 4.79 Å². The van der Waals surface area contributed by atoms with E-state index in [-0.39, 0.29) is 11.9 Å². The Bertz CT molecular complexity index is 590. The number of nitrogens with zero attached hydrogens (tertiary/aromatic N) is 2. The summed E-state index contributed by atoms with van der Waals surface area (Å²) in [4.78, 5) is 19.7. The molecule has 0 aliphatic rings. The largest absolute Gasteiger partial charge is 0.331 e. The molecule has 2 rings (SSSR count). The highest BCUT2D eigenvalue weighted by atomic mass is 32.1. The van der Waals surface area contributed by atoms with Crippen LogP contribution >= 0.6 is 11.3 Å². The predicted molar refractivity (Wildman–Crippen MR) is 83.0 cm³/mol. The third-order valence-electron chi connectivity index (χ3n) is 3.18. The summed E-state index contributed by atoms with van der Waals surface area (Å²) in [6.07, 6.45) is 0. The summed E-state index contributed by atoms with van der Waals surface area (Å²) in [6, 6.07) is 10.2. The second kappa shape index (κ2) is 6.18. The molecule has 0 aliphatic carbocycles. The second-order valence-electron chi connectivity index (χ2n) is 5.16. The average molecular weight is 288 g/mol. The summed E-state index contributed by atoms with van der Waals surface area (Å²) < 4.78 is 0. The quantitative estimate of drug-likeness (QED) is 0.857. The fourth-order valence-electron chi connectivity index (χ4n) is 2.13. The zero-order valence-electron chi connectivity index (χ0n) is 12.4. The molecular weight excluding hydrogens is 268 g/mol. The Morgan fingerprint density at radius 1 is 1.25 bits per heavy atom. The number of rotatable bonds is 4. The van der Waals surface area contributed by atoms with E-state index in [1.807, 2.05) is 62.9 Å². The van der Waals surface area contributed by atoms with Gasteiger partial charge in [-0.15, -0.1) is 11.3 Å². The molecule has 0 saturated carbocycles. The van der Waals surface area contributed by atoms with Crippen molar-refractivity contribution in [1.82, 2.24) is 9.88 Å². The first-order chi connectivity index (χ1) is 9.49. The molecule has 0 fully saturated rings. The zero-order chi connectivity index (χ0) is 14.7. The van der Waals surface area contributed by atoms with Gasteiger partial charge >= 0.3 is 0 Å². The fraction of sp³-hybridized carbons (Fsp3) is 0.375. The standard InChI is InChI=1S/C16H20N2OS/c1-11(2)18(10-14-8-6-5-7-9-14)16(19)15-12(3)17-13(4)20-15/h5-9,11H,10H2,1-4H3. The molecule has 106 valence electrons. The molecule has 0 N–H and O–H groups in total. The van der Waals surface area contributed by atoms with E-state index in [1.54, 1.807) is 0 Å². The van der Waals surface area contributed by atoms with Crippen LogP contribution in [-0.2, 0) is 6.54 Å². The zero-order valence-corrected chi connectivity index (χ0v) is 13.2. The van der Waals surface area contributed by atoms with Gasteiger partial charge in [0, 0.05) is 12.6 Å². The lowest BCUT2D eigenvalue weighted by molar-refractivity contribution is 0.0694. The van der Waals surface area contributed by atoms with E-state index in [4.69, 9.17) is 0 Å². The van der Waals surface area contributed by atoms with E-state index in [1.165, 1.54) is 11.3 Å². The summed E-state index contributed by atoms with van der Waals surface area (Å²) in [5.41, 5.74) is 1.98. The molecule has 0 aliphatic heterocycles. The van der Waals surface area contributed by atoms with Gasteiger partial charge in [-0.25, -0.2) is 4.98 Å². The smallest absolute Gasteiger partial charge is 0.266 e. The van der Waals surface area contributed by atoms with Gasteiger partial charge < -0.3 is 4.90 Å². The molecule has 0 unspecified atom stereocenters. The highest BCUT2D eigenvalue weighted by molar-refractivity contribution is 7.13. The number of thiazole rings is 1. The van der Waals surface area contributed by atoms with Gasteiger partial charge in [-0.3, -0.25) is 4.79 Å². The fourth-order valence-corrected chi connectivity index (χ4v) is 3.01. The van der Waals surface area contributed by atoms with Crippen molar-refractivity contribution in [2.24, 2.45) is 0 Å². The molecule has 1 amide bonds. The van der Waals surface area contributed by atoms with Crippen molar-refractivity contribution in [3.05, 3.63) is 51.5 Å². The van der Waals surface area contributed by atoms with Crippen LogP contribution in [0.1, 0.15) is 39.8 Å². The van der Waals surface area contributed by atoms with Gasteiger partial charge in [-0.05, 0) is 33.3 Å². The summed E-state index contributed by atoms with van der Waals surface area (Å²) in [5.74, 6) is 0.0759. The molecular formula is C16H20N2OS. The van der Waals surface area contributed by atoms with Crippen LogP contribution < -0.4 is 0 Å². The van der Waals surface area contributed by atoms with Crippen LogP contribution in [0.4, 0.5) is 0 Å². The lowest BCUT2D eigenvalue weighted by Gasteiger charge is -2.26. The Hall–Kier alpha value is -1.68. The topological polar surface area (TPSA) is 33.2 Å². The molecule has 0 bridgehead atoms. The third kappa shape index (κ3) is 3.25. The summed E-state index contributed by atoms with van der Waals surface area (Å²) in [7, 11) is 0. The third-order valence-corrected chi connectivity index (χ3v) is 4.24. The molecule has 0 atom stereocenters. The Morgan fingerprint density at radius 3 is 2.40 bits per heavy atom. The van der Waals surface area contributed by atoms with Crippen molar-refractivity contribution >= 4 is 17.2 Å². The van der Waals surface area contributed by atoms with Crippen molar-refractivity contribution in [3.8, 4) is 0 Å². The molecule has 1 aromatic heterocycles. The van der Waals surface area contributed by atoms with Crippen molar-refractivity contribution < 1.29 is 4.79 Å².